The van der Waals surface area contributed by atoms with E-state index in [1.807, 2.05) is 26.0 Å². The molecule has 8 heteroatoms. The lowest BCUT2D eigenvalue weighted by Crippen LogP contribution is -2.35. The molecular formula is C33H36Br2O6. The van der Waals surface area contributed by atoms with Gasteiger partial charge in [-0.05, 0) is 99.0 Å². The monoisotopic (exact) mass is 686 g/mol. The Morgan fingerprint density at radius 2 is 1.24 bits per heavy atom. The maximum atomic E-state index is 13.8. The predicted molar refractivity (Wildman–Crippen MR) is 166 cm³/mol. The van der Waals surface area contributed by atoms with Gasteiger partial charge in [0.25, 0.3) is 0 Å². The highest BCUT2D eigenvalue weighted by atomic mass is 79.9. The van der Waals surface area contributed by atoms with Gasteiger partial charge in [0, 0.05) is 27.8 Å². The van der Waals surface area contributed by atoms with Crippen LogP contribution in [0.1, 0.15) is 113 Å². The third kappa shape index (κ3) is 5.29. The van der Waals surface area contributed by atoms with Crippen molar-refractivity contribution in [3.63, 3.8) is 0 Å². The Labute approximate surface area is 258 Å². The summed E-state index contributed by atoms with van der Waals surface area (Å²) in [5, 5.41) is 33.0. The lowest BCUT2D eigenvalue weighted by atomic mass is 9.70. The molecule has 1 aliphatic heterocycles. The number of cyclic esters (lactones) is 1. The number of aromatic carboxylic acids is 1. The van der Waals surface area contributed by atoms with Gasteiger partial charge in [-0.25, -0.2) is 9.59 Å². The van der Waals surface area contributed by atoms with E-state index >= 15 is 0 Å². The molecule has 0 aliphatic carbocycles. The van der Waals surface area contributed by atoms with Gasteiger partial charge in [0.1, 0.15) is 11.5 Å². The van der Waals surface area contributed by atoms with Crippen LogP contribution >= 0.6 is 31.9 Å². The van der Waals surface area contributed by atoms with Gasteiger partial charge in [-0.15, -0.1) is 0 Å². The minimum Gasteiger partial charge on any atom is -0.506 e. The molecule has 1 heterocycles. The number of esters is 1. The molecule has 0 amide bonds. The minimum absolute atomic E-state index is 0.0252. The summed E-state index contributed by atoms with van der Waals surface area (Å²) in [5.74, 6) is -1.56. The molecule has 41 heavy (non-hydrogen) atoms. The average molecular weight is 688 g/mol. The Kier molecular flexibility index (Phi) is 9.54. The number of fused-ring (bicyclic) bond motifs is 1. The molecule has 3 N–H and O–H groups in total. The van der Waals surface area contributed by atoms with E-state index in [4.69, 9.17) is 4.74 Å². The van der Waals surface area contributed by atoms with Crippen LogP contribution in [0.15, 0.2) is 39.3 Å². The number of carboxylic acids is 1. The van der Waals surface area contributed by atoms with Crippen LogP contribution < -0.4 is 0 Å². The maximum Gasteiger partial charge on any atom is 0.340 e. The number of carbonyl (C=O) groups excluding carboxylic acids is 1. The number of carbonyl (C=O) groups is 2. The first kappa shape index (κ1) is 31.1. The number of phenolic OH excluding ortho intramolecular Hbond substituents is 2. The number of halogens is 2. The van der Waals surface area contributed by atoms with Gasteiger partial charge in [0.15, 0.2) is 5.60 Å². The van der Waals surface area contributed by atoms with Crippen molar-refractivity contribution in [3.05, 3.63) is 89.3 Å². The highest BCUT2D eigenvalue weighted by Gasteiger charge is 2.53. The van der Waals surface area contributed by atoms with E-state index in [-0.39, 0.29) is 22.6 Å². The number of hydrogen-bond acceptors (Lipinski definition) is 5. The van der Waals surface area contributed by atoms with Crippen molar-refractivity contribution in [2.45, 2.75) is 84.7 Å². The van der Waals surface area contributed by atoms with Crippen molar-refractivity contribution in [2.24, 2.45) is 0 Å². The molecule has 3 aromatic carbocycles. The summed E-state index contributed by atoms with van der Waals surface area (Å²) in [6.45, 7) is 8.16. The second kappa shape index (κ2) is 12.6. The molecule has 0 spiro atoms. The number of aryl methyl sites for hydroxylation is 2. The molecule has 6 nitrogen and oxygen atoms in total. The van der Waals surface area contributed by atoms with E-state index < -0.39 is 17.5 Å². The van der Waals surface area contributed by atoms with Crippen LogP contribution in [-0.4, -0.2) is 27.3 Å². The fraction of sp³-hybridized carbons (Fsp3) is 0.394. The number of carboxylic acid groups (broad SMARTS) is 1. The topological polar surface area (TPSA) is 104 Å². The van der Waals surface area contributed by atoms with Crippen LogP contribution in [0.2, 0.25) is 0 Å². The first-order chi connectivity index (χ1) is 19.6. The number of hydrogen-bond donors (Lipinski definition) is 3. The van der Waals surface area contributed by atoms with Crippen LogP contribution in [0, 0.1) is 0 Å². The standard InChI is InChI=1S/C33H36Br2O6/c1-5-9-18-16-25(34)29(36)22(11-7-3)27(18)33(24-15-20(31(38)39)13-14-21(24)32(40)41-33)28-19(10-6-2)17-26(35)30(37)23(28)12-8-4/h13-17,36-37H,5-12H2,1-4H3,(H,38,39). The van der Waals surface area contributed by atoms with Crippen LogP contribution in [0.5, 0.6) is 11.5 Å². The number of benzene rings is 3. The normalized spacial score (nSPS) is 13.8. The Morgan fingerprint density at radius 1 is 0.780 bits per heavy atom. The van der Waals surface area contributed by atoms with Crippen molar-refractivity contribution in [1.29, 1.82) is 0 Å². The van der Waals surface area contributed by atoms with Gasteiger partial charge >= 0.3 is 11.9 Å². The van der Waals surface area contributed by atoms with Crippen molar-refractivity contribution in [2.75, 3.05) is 0 Å². The van der Waals surface area contributed by atoms with Crippen LogP contribution in [0.25, 0.3) is 0 Å². The molecule has 0 bridgehead atoms. The summed E-state index contributed by atoms with van der Waals surface area (Å²) in [7, 11) is 0. The third-order valence-electron chi connectivity index (χ3n) is 7.73. The van der Waals surface area contributed by atoms with Crippen LogP contribution in [0.4, 0.5) is 0 Å². The smallest absolute Gasteiger partial charge is 0.340 e. The zero-order valence-electron chi connectivity index (χ0n) is 23.9. The first-order valence-electron chi connectivity index (χ1n) is 14.3. The van der Waals surface area contributed by atoms with Gasteiger partial charge in [-0.2, -0.15) is 0 Å². The summed E-state index contributed by atoms with van der Waals surface area (Å²) in [4.78, 5) is 26.0. The Bertz CT molecular complexity index is 1440. The van der Waals surface area contributed by atoms with E-state index in [0.29, 0.717) is 75.3 Å². The quantitative estimate of drug-likeness (QED) is 0.175. The summed E-state index contributed by atoms with van der Waals surface area (Å²) in [6, 6.07) is 8.20. The third-order valence-corrected chi connectivity index (χ3v) is 8.94. The van der Waals surface area contributed by atoms with E-state index in [1.54, 1.807) is 0 Å². The van der Waals surface area contributed by atoms with Crippen molar-refractivity contribution >= 4 is 43.8 Å². The fourth-order valence-electron chi connectivity index (χ4n) is 6.19. The van der Waals surface area contributed by atoms with Crippen molar-refractivity contribution in [3.8, 4) is 11.5 Å². The summed E-state index contributed by atoms with van der Waals surface area (Å²) in [5.41, 5.74) is 3.46. The van der Waals surface area contributed by atoms with Gasteiger partial charge in [0.2, 0.25) is 0 Å². The first-order valence-corrected chi connectivity index (χ1v) is 15.8. The van der Waals surface area contributed by atoms with Gasteiger partial charge in [-0.3, -0.25) is 0 Å². The zero-order valence-corrected chi connectivity index (χ0v) is 27.0. The second-order valence-electron chi connectivity index (χ2n) is 10.6. The molecule has 0 fully saturated rings. The van der Waals surface area contributed by atoms with E-state index in [1.165, 1.54) is 18.2 Å². The van der Waals surface area contributed by atoms with Gasteiger partial charge in [0.05, 0.1) is 20.1 Å². The molecule has 0 radical (unpaired) electrons. The second-order valence-corrected chi connectivity index (χ2v) is 12.3. The molecular weight excluding hydrogens is 652 g/mol. The summed E-state index contributed by atoms with van der Waals surface area (Å²) < 4.78 is 7.68. The SMILES string of the molecule is CCCc1cc(Br)c(O)c(CCC)c1C1(c2c(CCC)cc(Br)c(O)c2CCC)OC(=O)c2ccc(C(=O)O)cc21. The fourth-order valence-corrected chi connectivity index (χ4v) is 7.22. The van der Waals surface area contributed by atoms with Gasteiger partial charge < -0.3 is 20.1 Å². The summed E-state index contributed by atoms with van der Waals surface area (Å²) in [6.07, 6.45) is 5.26. The Morgan fingerprint density at radius 3 is 1.66 bits per heavy atom. The largest absolute Gasteiger partial charge is 0.506 e. The molecule has 0 saturated heterocycles. The molecule has 0 aromatic heterocycles. The zero-order chi connectivity index (χ0) is 30.1. The average Bonchev–Trinajstić information content (AvgIpc) is 3.22. The molecule has 218 valence electrons. The minimum atomic E-state index is -1.59. The molecule has 3 aromatic rings. The van der Waals surface area contributed by atoms with Crippen molar-refractivity contribution < 1.29 is 29.6 Å². The maximum absolute atomic E-state index is 13.8. The number of ether oxygens (including phenoxy) is 1. The summed E-state index contributed by atoms with van der Waals surface area (Å²) >= 11 is 7.09. The predicted octanol–water partition coefficient (Wildman–Crippen LogP) is 8.59. The van der Waals surface area contributed by atoms with Crippen LogP contribution in [-0.2, 0) is 36.0 Å². The van der Waals surface area contributed by atoms with Gasteiger partial charge in [-0.1, -0.05) is 53.4 Å². The number of phenols is 2. The van der Waals surface area contributed by atoms with E-state index in [2.05, 4.69) is 45.7 Å². The highest BCUT2D eigenvalue weighted by molar-refractivity contribution is 9.10. The Balaban J connectivity index is 2.35. The van der Waals surface area contributed by atoms with E-state index in [0.717, 1.165) is 24.0 Å². The number of rotatable bonds is 11. The molecule has 0 unspecified atom stereocenters. The lowest BCUT2D eigenvalue weighted by molar-refractivity contribution is 0.0240. The highest BCUT2D eigenvalue weighted by Crippen LogP contribution is 2.55. The van der Waals surface area contributed by atoms with Crippen LogP contribution in [0.3, 0.4) is 0 Å². The lowest BCUT2D eigenvalue weighted by Gasteiger charge is -2.38. The molecule has 0 saturated carbocycles. The van der Waals surface area contributed by atoms with Crippen molar-refractivity contribution in [1.82, 2.24) is 0 Å². The number of aromatic hydroxyl groups is 2. The molecule has 0 atom stereocenters. The van der Waals surface area contributed by atoms with E-state index in [9.17, 15) is 24.9 Å². The Hall–Kier alpha value is -2.84. The molecule has 1 aliphatic rings. The molecule has 4 rings (SSSR count).